The molecule has 2 rings (SSSR count). The number of nitriles is 1. The second kappa shape index (κ2) is 4.29. The first kappa shape index (κ1) is 9.96. The van der Waals surface area contributed by atoms with Crippen LogP contribution >= 0.6 is 11.9 Å². The third-order valence-corrected chi connectivity index (χ3v) is 3.38. The fraction of sp³-hybridized carbons (Fsp3) is 0.250. The van der Waals surface area contributed by atoms with Gasteiger partial charge >= 0.3 is 0 Å². The molecule has 1 aliphatic heterocycles. The number of hydrogen-bond donors (Lipinski definition) is 0. The lowest BCUT2D eigenvalue weighted by Crippen LogP contribution is -2.10. The van der Waals surface area contributed by atoms with Gasteiger partial charge in [-0.1, -0.05) is 24.1 Å². The highest BCUT2D eigenvalue weighted by molar-refractivity contribution is 7.97. The van der Waals surface area contributed by atoms with E-state index >= 15 is 0 Å². The maximum Gasteiger partial charge on any atom is 0.0885 e. The average molecular weight is 214 g/mol. The van der Waals surface area contributed by atoms with Crippen LogP contribution in [-0.2, 0) is 0 Å². The maximum absolute atomic E-state index is 8.80. The average Bonchev–Trinajstić information content (AvgIpc) is 2.59. The Kier molecular flexibility index (Phi) is 2.85. The fourth-order valence-electron chi connectivity index (χ4n) is 1.63. The number of nitrogens with zero attached hydrogens (tertiary/aromatic N) is 2. The van der Waals surface area contributed by atoms with Crippen molar-refractivity contribution in [3.8, 4) is 18.0 Å². The van der Waals surface area contributed by atoms with Crippen molar-refractivity contribution in [1.82, 2.24) is 4.31 Å². The third-order valence-electron chi connectivity index (χ3n) is 2.26. The lowest BCUT2D eigenvalue weighted by Gasteiger charge is -2.15. The molecule has 0 aromatic heterocycles. The van der Waals surface area contributed by atoms with Crippen molar-refractivity contribution in [3.05, 3.63) is 29.8 Å². The summed E-state index contributed by atoms with van der Waals surface area (Å²) in [6.07, 6.45) is 0.485. The van der Waals surface area contributed by atoms with Gasteiger partial charge in [-0.25, -0.2) is 0 Å². The van der Waals surface area contributed by atoms with Gasteiger partial charge < -0.3 is 0 Å². The van der Waals surface area contributed by atoms with Crippen molar-refractivity contribution in [2.45, 2.75) is 24.3 Å². The standard InChI is InChI=1S/C12H10N2S/c1-2-9-14-11(7-8-13)10-5-3-4-6-12(10)15-14/h3-6,11H,7H2,1H3. The molecule has 0 saturated heterocycles. The molecular formula is C12H10N2S. The van der Waals surface area contributed by atoms with E-state index in [0.717, 1.165) is 0 Å². The Morgan fingerprint density at radius 1 is 1.47 bits per heavy atom. The van der Waals surface area contributed by atoms with Crippen molar-refractivity contribution >= 4 is 11.9 Å². The minimum absolute atomic E-state index is 0.114. The Balaban J connectivity index is 2.37. The summed E-state index contributed by atoms with van der Waals surface area (Å²) in [5.41, 5.74) is 1.21. The molecule has 15 heavy (non-hydrogen) atoms. The molecule has 0 N–H and O–H groups in total. The van der Waals surface area contributed by atoms with E-state index in [1.807, 2.05) is 23.4 Å². The number of benzene rings is 1. The normalized spacial score (nSPS) is 17.6. The summed E-state index contributed by atoms with van der Waals surface area (Å²) in [6.45, 7) is 1.81. The Bertz CT molecular complexity index is 464. The first-order valence-electron chi connectivity index (χ1n) is 4.72. The highest BCUT2D eigenvalue weighted by Crippen LogP contribution is 2.44. The summed E-state index contributed by atoms with van der Waals surface area (Å²) in [7, 11) is 0. The molecule has 1 heterocycles. The maximum atomic E-state index is 8.80. The van der Waals surface area contributed by atoms with Crippen molar-refractivity contribution in [2.24, 2.45) is 0 Å². The Morgan fingerprint density at radius 2 is 2.27 bits per heavy atom. The molecule has 1 aromatic rings. The Hall–Kier alpha value is -1.58. The molecule has 1 atom stereocenters. The minimum Gasteiger partial charge on any atom is -0.262 e. The van der Waals surface area contributed by atoms with Crippen LogP contribution in [0.3, 0.4) is 0 Å². The fourth-order valence-corrected chi connectivity index (χ4v) is 2.74. The molecule has 0 aliphatic carbocycles. The highest BCUT2D eigenvalue weighted by Gasteiger charge is 2.29. The van der Waals surface area contributed by atoms with E-state index in [1.54, 1.807) is 11.9 Å². The number of hydrogen-bond acceptors (Lipinski definition) is 3. The van der Waals surface area contributed by atoms with Gasteiger partial charge in [-0.05, 0) is 30.5 Å². The predicted molar refractivity (Wildman–Crippen MR) is 60.6 cm³/mol. The largest absolute Gasteiger partial charge is 0.262 e. The van der Waals surface area contributed by atoms with Crippen molar-refractivity contribution < 1.29 is 0 Å². The van der Waals surface area contributed by atoms with E-state index in [4.69, 9.17) is 5.26 Å². The molecule has 0 spiro atoms. The Labute approximate surface area is 94.0 Å². The van der Waals surface area contributed by atoms with Gasteiger partial charge in [0.1, 0.15) is 0 Å². The van der Waals surface area contributed by atoms with E-state index in [2.05, 4.69) is 30.2 Å². The predicted octanol–water partition coefficient (Wildman–Crippen LogP) is 2.94. The number of rotatable bonds is 1. The molecule has 74 valence electrons. The monoisotopic (exact) mass is 214 g/mol. The molecule has 0 saturated carbocycles. The van der Waals surface area contributed by atoms with Gasteiger partial charge in [0.05, 0.1) is 18.5 Å². The van der Waals surface area contributed by atoms with E-state index < -0.39 is 0 Å². The van der Waals surface area contributed by atoms with Gasteiger partial charge in [-0.3, -0.25) is 4.31 Å². The first-order valence-corrected chi connectivity index (χ1v) is 5.49. The van der Waals surface area contributed by atoms with Crippen LogP contribution in [0, 0.1) is 23.3 Å². The van der Waals surface area contributed by atoms with Gasteiger partial charge in [0.25, 0.3) is 0 Å². The summed E-state index contributed by atoms with van der Waals surface area (Å²) in [6, 6.07) is 13.5. The van der Waals surface area contributed by atoms with Crippen LogP contribution in [0.5, 0.6) is 0 Å². The van der Waals surface area contributed by atoms with E-state index in [9.17, 15) is 0 Å². The smallest absolute Gasteiger partial charge is 0.0885 e. The Morgan fingerprint density at radius 3 is 3.00 bits per heavy atom. The summed E-state index contributed by atoms with van der Waals surface area (Å²) < 4.78 is 1.97. The van der Waals surface area contributed by atoms with Gasteiger partial charge in [0.2, 0.25) is 0 Å². The van der Waals surface area contributed by atoms with Gasteiger partial charge in [0, 0.05) is 10.9 Å². The molecule has 1 unspecified atom stereocenters. The zero-order valence-electron chi connectivity index (χ0n) is 8.40. The molecule has 0 amide bonds. The van der Waals surface area contributed by atoms with Crippen molar-refractivity contribution in [3.63, 3.8) is 0 Å². The summed E-state index contributed by atoms with van der Waals surface area (Å²) in [5, 5.41) is 8.80. The lowest BCUT2D eigenvalue weighted by atomic mass is 10.1. The molecule has 0 fully saturated rings. The van der Waals surface area contributed by atoms with Crippen LogP contribution in [0.4, 0.5) is 0 Å². The van der Waals surface area contributed by atoms with Crippen molar-refractivity contribution in [2.75, 3.05) is 0 Å². The second-order valence-corrected chi connectivity index (χ2v) is 4.21. The van der Waals surface area contributed by atoms with Gasteiger partial charge in [-0.15, -0.1) is 0 Å². The molecule has 0 radical (unpaired) electrons. The highest BCUT2D eigenvalue weighted by atomic mass is 32.2. The molecule has 1 aliphatic rings. The zero-order valence-corrected chi connectivity index (χ0v) is 9.21. The van der Waals surface area contributed by atoms with Crippen LogP contribution < -0.4 is 0 Å². The second-order valence-electron chi connectivity index (χ2n) is 3.19. The van der Waals surface area contributed by atoms with Crippen LogP contribution in [-0.4, -0.2) is 4.31 Å². The van der Waals surface area contributed by atoms with Gasteiger partial charge in [-0.2, -0.15) is 5.26 Å². The third kappa shape index (κ3) is 1.79. The minimum atomic E-state index is 0.114. The quantitative estimate of drug-likeness (QED) is 0.531. The van der Waals surface area contributed by atoms with E-state index in [0.29, 0.717) is 6.42 Å². The molecule has 0 bridgehead atoms. The summed E-state index contributed by atoms with van der Waals surface area (Å²) in [5.74, 6) is 2.88. The van der Waals surface area contributed by atoms with Crippen LogP contribution in [0.2, 0.25) is 0 Å². The van der Waals surface area contributed by atoms with E-state index in [-0.39, 0.29) is 6.04 Å². The summed E-state index contributed by atoms with van der Waals surface area (Å²) in [4.78, 5) is 1.21. The molecule has 2 nitrogen and oxygen atoms in total. The molecule has 3 heteroatoms. The van der Waals surface area contributed by atoms with Crippen LogP contribution in [0.1, 0.15) is 24.9 Å². The molecular weight excluding hydrogens is 204 g/mol. The van der Waals surface area contributed by atoms with Crippen molar-refractivity contribution in [1.29, 1.82) is 5.26 Å². The lowest BCUT2D eigenvalue weighted by molar-refractivity contribution is 0.498. The first-order chi connectivity index (χ1) is 7.36. The van der Waals surface area contributed by atoms with E-state index in [1.165, 1.54) is 10.5 Å². The van der Waals surface area contributed by atoms with Crippen LogP contribution in [0.25, 0.3) is 0 Å². The topological polar surface area (TPSA) is 27.0 Å². The summed E-state index contributed by atoms with van der Waals surface area (Å²) >= 11 is 1.62. The zero-order chi connectivity index (χ0) is 10.7. The molecule has 1 aromatic carbocycles. The van der Waals surface area contributed by atoms with Crippen LogP contribution in [0.15, 0.2) is 29.2 Å². The SMILES string of the molecule is CC#CN1Sc2ccccc2C1CC#N. The van der Waals surface area contributed by atoms with Gasteiger partial charge in [0.15, 0.2) is 0 Å². The number of fused-ring (bicyclic) bond motifs is 1.